The molecule has 1 rings (SSSR count). The maximum atomic E-state index is 5.85. The Bertz CT molecular complexity index is 496. The molecule has 0 aliphatic rings. The highest BCUT2D eigenvalue weighted by atomic mass is 33.2. The van der Waals surface area contributed by atoms with Gasteiger partial charge in [-0.1, -0.05) is 29.7 Å². The number of hydrogen-bond donors (Lipinski definition) is 0. The third kappa shape index (κ3) is 8.07. The molecule has 0 aromatic carbocycles. The normalized spacial score (nSPS) is 13.6. The maximum Gasteiger partial charge on any atom is 0.319 e. The van der Waals surface area contributed by atoms with E-state index in [1.165, 1.54) is 0 Å². The van der Waals surface area contributed by atoms with E-state index in [2.05, 4.69) is 16.9 Å². The monoisotopic (exact) mass is 396 g/mol. The van der Waals surface area contributed by atoms with E-state index >= 15 is 0 Å². The molecule has 0 N–H and O–H groups in total. The lowest BCUT2D eigenvalue weighted by Gasteiger charge is -2.19. The standard InChI is InChI=1S/C14H25N2O3PS3/c1-5-9-22-20(21,19-8-4)23-11-12-10-13(17-6-2)16-14(15-12)18-7-3/h10H,5-9,11H2,1-4H3. The molecule has 0 bridgehead atoms. The third-order valence-electron chi connectivity index (χ3n) is 2.41. The molecule has 0 aliphatic carbocycles. The average molecular weight is 397 g/mol. The molecule has 23 heavy (non-hydrogen) atoms. The zero-order valence-electron chi connectivity index (χ0n) is 14.1. The lowest BCUT2D eigenvalue weighted by molar-refractivity contribution is 0.288. The van der Waals surface area contributed by atoms with Crippen LogP contribution in [0.3, 0.4) is 0 Å². The van der Waals surface area contributed by atoms with E-state index in [0.717, 1.165) is 17.9 Å². The summed E-state index contributed by atoms with van der Waals surface area (Å²) < 4.78 is 14.8. The number of nitrogens with zero attached hydrogens (tertiary/aromatic N) is 2. The Balaban J connectivity index is 2.82. The fourth-order valence-corrected chi connectivity index (χ4v) is 9.61. The van der Waals surface area contributed by atoms with Crippen molar-refractivity contribution < 1.29 is 14.0 Å². The van der Waals surface area contributed by atoms with Crippen molar-refractivity contribution in [2.45, 2.75) is 39.9 Å². The van der Waals surface area contributed by atoms with Gasteiger partial charge in [0.05, 0.1) is 25.5 Å². The first-order chi connectivity index (χ1) is 11.1. The van der Waals surface area contributed by atoms with Gasteiger partial charge in [0.15, 0.2) is 4.67 Å². The van der Waals surface area contributed by atoms with Gasteiger partial charge in [-0.3, -0.25) is 0 Å². The van der Waals surface area contributed by atoms with E-state index in [1.54, 1.807) is 22.8 Å². The molecule has 0 spiro atoms. The molecule has 0 fully saturated rings. The molecule has 0 aliphatic heterocycles. The van der Waals surface area contributed by atoms with Gasteiger partial charge in [-0.05, 0) is 39.0 Å². The highest BCUT2D eigenvalue weighted by molar-refractivity contribution is 8.99. The van der Waals surface area contributed by atoms with Crippen LogP contribution in [0.15, 0.2) is 6.07 Å². The van der Waals surface area contributed by atoms with Crippen LogP contribution >= 0.6 is 27.4 Å². The molecule has 1 atom stereocenters. The lowest BCUT2D eigenvalue weighted by Crippen LogP contribution is -2.03. The fraction of sp³-hybridized carbons (Fsp3) is 0.714. The zero-order valence-corrected chi connectivity index (χ0v) is 17.5. The average Bonchev–Trinajstić information content (AvgIpc) is 2.52. The van der Waals surface area contributed by atoms with Crippen LogP contribution in [0.2, 0.25) is 0 Å². The minimum atomic E-state index is -1.94. The van der Waals surface area contributed by atoms with Crippen LogP contribution in [-0.2, 0) is 22.1 Å². The quantitative estimate of drug-likeness (QED) is 0.462. The molecule has 1 heterocycles. The highest BCUT2D eigenvalue weighted by Crippen LogP contribution is 2.70. The molecule has 0 amide bonds. The molecule has 0 saturated carbocycles. The van der Waals surface area contributed by atoms with E-state index in [9.17, 15) is 0 Å². The fourth-order valence-electron chi connectivity index (χ4n) is 1.56. The van der Waals surface area contributed by atoms with E-state index in [4.69, 9.17) is 25.8 Å². The van der Waals surface area contributed by atoms with Gasteiger partial charge < -0.3 is 14.0 Å². The van der Waals surface area contributed by atoms with Gasteiger partial charge in [0, 0.05) is 17.6 Å². The summed E-state index contributed by atoms with van der Waals surface area (Å²) in [6, 6.07) is 2.19. The minimum absolute atomic E-state index is 0.347. The third-order valence-corrected chi connectivity index (χ3v) is 12.2. The van der Waals surface area contributed by atoms with Crippen LogP contribution in [0.1, 0.15) is 39.8 Å². The molecular weight excluding hydrogens is 371 g/mol. The number of ether oxygens (including phenoxy) is 2. The zero-order chi connectivity index (χ0) is 17.1. The number of hydrogen-bond acceptors (Lipinski definition) is 8. The first-order valence-electron chi connectivity index (χ1n) is 7.74. The summed E-state index contributed by atoms with van der Waals surface area (Å²) in [6.07, 6.45) is 1.09. The van der Waals surface area contributed by atoms with Gasteiger partial charge >= 0.3 is 6.01 Å². The van der Waals surface area contributed by atoms with Crippen LogP contribution in [0, 0.1) is 0 Å². The summed E-state index contributed by atoms with van der Waals surface area (Å²) in [5.41, 5.74) is 0.850. The van der Waals surface area contributed by atoms with E-state index in [1.807, 2.05) is 26.8 Å². The van der Waals surface area contributed by atoms with E-state index < -0.39 is 4.67 Å². The molecule has 1 aromatic rings. The lowest BCUT2D eigenvalue weighted by atomic mass is 10.4. The highest BCUT2D eigenvalue weighted by Gasteiger charge is 2.19. The van der Waals surface area contributed by atoms with Gasteiger partial charge in [-0.15, -0.1) is 0 Å². The molecule has 0 radical (unpaired) electrons. The molecule has 1 unspecified atom stereocenters. The Morgan fingerprint density at radius 2 is 1.78 bits per heavy atom. The van der Waals surface area contributed by atoms with Crippen LogP contribution < -0.4 is 9.47 Å². The first kappa shape index (κ1) is 21.0. The van der Waals surface area contributed by atoms with Crippen LogP contribution in [-0.4, -0.2) is 35.5 Å². The predicted molar refractivity (Wildman–Crippen MR) is 104 cm³/mol. The largest absolute Gasteiger partial charge is 0.478 e. The second-order valence-electron chi connectivity index (χ2n) is 4.32. The molecule has 132 valence electrons. The van der Waals surface area contributed by atoms with Gasteiger partial charge in [0.25, 0.3) is 0 Å². The number of rotatable bonds is 12. The Morgan fingerprint density at radius 3 is 2.39 bits per heavy atom. The number of aromatic nitrogens is 2. The summed E-state index contributed by atoms with van der Waals surface area (Å²) in [7, 11) is 0. The molecule has 9 heteroatoms. The van der Waals surface area contributed by atoms with Gasteiger partial charge in [-0.2, -0.15) is 9.97 Å². The first-order valence-corrected chi connectivity index (χ1v) is 13.6. The Labute approximate surface area is 152 Å². The maximum absolute atomic E-state index is 5.85. The topological polar surface area (TPSA) is 53.5 Å². The van der Waals surface area contributed by atoms with Crippen molar-refractivity contribution in [2.75, 3.05) is 25.6 Å². The minimum Gasteiger partial charge on any atom is -0.478 e. The van der Waals surface area contributed by atoms with Crippen molar-refractivity contribution in [2.24, 2.45) is 0 Å². The van der Waals surface area contributed by atoms with Crippen LogP contribution in [0.4, 0.5) is 0 Å². The summed E-state index contributed by atoms with van der Waals surface area (Å²) >= 11 is 9.16. The summed E-state index contributed by atoms with van der Waals surface area (Å²) in [5.74, 6) is 2.21. The molecule has 5 nitrogen and oxygen atoms in total. The second kappa shape index (κ2) is 11.5. The van der Waals surface area contributed by atoms with Crippen molar-refractivity contribution in [3.05, 3.63) is 11.8 Å². The van der Waals surface area contributed by atoms with Crippen molar-refractivity contribution in [3.8, 4) is 11.9 Å². The molecule has 0 saturated heterocycles. The van der Waals surface area contributed by atoms with Crippen LogP contribution in [0.5, 0.6) is 11.9 Å². The summed E-state index contributed by atoms with van der Waals surface area (Å²) in [5, 5.41) is 0. The predicted octanol–water partition coefficient (Wildman–Crippen LogP) is 4.91. The van der Waals surface area contributed by atoms with Gasteiger partial charge in [0.1, 0.15) is 0 Å². The summed E-state index contributed by atoms with van der Waals surface area (Å²) in [6.45, 7) is 9.67. The van der Waals surface area contributed by atoms with Gasteiger partial charge in [-0.25, -0.2) is 0 Å². The smallest absolute Gasteiger partial charge is 0.319 e. The van der Waals surface area contributed by atoms with Crippen molar-refractivity contribution >= 4 is 39.2 Å². The Kier molecular flexibility index (Phi) is 10.5. The molecular formula is C14H25N2O3PS3. The van der Waals surface area contributed by atoms with E-state index in [-0.39, 0.29) is 0 Å². The summed E-state index contributed by atoms with van der Waals surface area (Å²) in [4.78, 5) is 8.65. The second-order valence-corrected chi connectivity index (χ2v) is 14.9. The van der Waals surface area contributed by atoms with Gasteiger partial charge in [0.2, 0.25) is 5.88 Å². The van der Waals surface area contributed by atoms with E-state index in [0.29, 0.717) is 37.5 Å². The SMILES string of the molecule is CCCSP(=S)(OCC)SCc1cc(OCC)nc(OCC)n1. The van der Waals surface area contributed by atoms with Crippen molar-refractivity contribution in [1.29, 1.82) is 0 Å². The van der Waals surface area contributed by atoms with Crippen LogP contribution in [0.25, 0.3) is 0 Å². The Hall–Kier alpha value is -0.01000. The van der Waals surface area contributed by atoms with Crippen molar-refractivity contribution in [1.82, 2.24) is 9.97 Å². The molecule has 1 aromatic heterocycles. The Morgan fingerprint density at radius 1 is 1.04 bits per heavy atom. The van der Waals surface area contributed by atoms with Crippen molar-refractivity contribution in [3.63, 3.8) is 0 Å².